The third kappa shape index (κ3) is 4.94. The lowest BCUT2D eigenvalue weighted by molar-refractivity contribution is 0.198. The van der Waals surface area contributed by atoms with Crippen molar-refractivity contribution in [1.82, 2.24) is 14.9 Å². The average molecular weight is 378 g/mol. The number of likely N-dealkylation sites (tertiary alicyclic amines) is 1. The first-order valence-electron chi connectivity index (χ1n) is 9.58. The zero-order valence-corrected chi connectivity index (χ0v) is 16.1. The lowest BCUT2D eigenvalue weighted by Crippen LogP contribution is -2.34. The molecule has 0 saturated carbocycles. The van der Waals surface area contributed by atoms with E-state index in [4.69, 9.17) is 16.6 Å². The summed E-state index contributed by atoms with van der Waals surface area (Å²) < 4.78 is 0. The first kappa shape index (κ1) is 18.1. The molecule has 27 heavy (non-hydrogen) atoms. The van der Waals surface area contributed by atoms with Gasteiger partial charge in [-0.15, -0.1) is 0 Å². The Hall–Kier alpha value is -2.23. The molecule has 1 atom stereocenters. The van der Waals surface area contributed by atoms with Gasteiger partial charge in [0.1, 0.15) is 0 Å². The van der Waals surface area contributed by atoms with E-state index >= 15 is 0 Å². The molecule has 0 aliphatic carbocycles. The van der Waals surface area contributed by atoms with Crippen LogP contribution in [0.4, 0.5) is 0 Å². The number of nitrogens with zero attached hydrogens (tertiary/aromatic N) is 3. The van der Waals surface area contributed by atoms with E-state index in [0.717, 1.165) is 36.8 Å². The molecule has 1 aliphatic rings. The van der Waals surface area contributed by atoms with Gasteiger partial charge in [0.25, 0.3) is 0 Å². The van der Waals surface area contributed by atoms with E-state index in [2.05, 4.69) is 46.3 Å². The maximum Gasteiger partial charge on any atom is 0.0450 e. The predicted octanol–water partition coefficient (Wildman–Crippen LogP) is 5.10. The Labute approximate surface area is 166 Å². The van der Waals surface area contributed by atoms with E-state index in [9.17, 15) is 0 Å². The third-order valence-electron chi connectivity index (χ3n) is 5.18. The van der Waals surface area contributed by atoms with Gasteiger partial charge < -0.3 is 0 Å². The summed E-state index contributed by atoms with van der Waals surface area (Å²) in [6.07, 6.45) is 7.07. The minimum Gasteiger partial charge on any atom is -0.298 e. The van der Waals surface area contributed by atoms with Crippen molar-refractivity contribution in [3.63, 3.8) is 0 Å². The van der Waals surface area contributed by atoms with Gasteiger partial charge in [0.2, 0.25) is 0 Å². The molecule has 138 valence electrons. The summed E-state index contributed by atoms with van der Waals surface area (Å²) in [4.78, 5) is 11.7. The summed E-state index contributed by atoms with van der Waals surface area (Å²) in [6, 6.07) is 18.7. The van der Waals surface area contributed by atoms with Crippen molar-refractivity contribution in [2.24, 2.45) is 0 Å². The van der Waals surface area contributed by atoms with Gasteiger partial charge in [0, 0.05) is 54.2 Å². The smallest absolute Gasteiger partial charge is 0.0450 e. The van der Waals surface area contributed by atoms with Crippen molar-refractivity contribution in [1.29, 1.82) is 0 Å². The van der Waals surface area contributed by atoms with E-state index in [-0.39, 0.29) is 0 Å². The Bertz CT molecular complexity index is 864. The SMILES string of the molecule is Clc1ccc(Cc2cccc([C@H]3CCCN(Cc4cccnc4)C3)n2)cc1. The Morgan fingerprint density at radius 1 is 1.00 bits per heavy atom. The largest absolute Gasteiger partial charge is 0.298 e. The second-order valence-electron chi connectivity index (χ2n) is 7.29. The number of halogens is 1. The fourth-order valence-corrected chi connectivity index (χ4v) is 3.95. The summed E-state index contributed by atoms with van der Waals surface area (Å²) >= 11 is 5.99. The van der Waals surface area contributed by atoms with Crippen LogP contribution in [0.25, 0.3) is 0 Å². The maximum absolute atomic E-state index is 5.99. The normalized spacial score (nSPS) is 17.7. The second kappa shape index (κ2) is 8.64. The first-order valence-corrected chi connectivity index (χ1v) is 9.95. The van der Waals surface area contributed by atoms with Crippen LogP contribution in [-0.2, 0) is 13.0 Å². The van der Waals surface area contributed by atoms with Gasteiger partial charge in [-0.05, 0) is 60.8 Å². The lowest BCUT2D eigenvalue weighted by Gasteiger charge is -2.32. The standard InChI is InChI=1S/C23H24ClN3/c24-21-10-8-18(9-11-21)14-22-6-1-7-23(26-22)20-5-3-13-27(17-20)16-19-4-2-12-25-15-19/h1-2,4,6-12,15,20H,3,5,13-14,16-17H2/t20-/m0/s1. The van der Waals surface area contributed by atoms with Crippen molar-refractivity contribution in [3.05, 3.63) is 94.5 Å². The molecule has 1 aromatic carbocycles. The quantitative estimate of drug-likeness (QED) is 0.619. The molecule has 3 nitrogen and oxygen atoms in total. The van der Waals surface area contributed by atoms with Gasteiger partial charge in [0.05, 0.1) is 0 Å². The van der Waals surface area contributed by atoms with Crippen LogP contribution >= 0.6 is 11.6 Å². The molecule has 4 heteroatoms. The molecule has 0 N–H and O–H groups in total. The minimum absolute atomic E-state index is 0.501. The van der Waals surface area contributed by atoms with Crippen molar-refractivity contribution >= 4 is 11.6 Å². The molecule has 0 bridgehead atoms. The molecular weight excluding hydrogens is 354 g/mol. The fraction of sp³-hybridized carbons (Fsp3) is 0.304. The van der Waals surface area contributed by atoms with Gasteiger partial charge in [-0.25, -0.2) is 0 Å². The molecule has 3 aromatic rings. The highest BCUT2D eigenvalue weighted by Gasteiger charge is 2.22. The van der Waals surface area contributed by atoms with Crippen LogP contribution in [0.5, 0.6) is 0 Å². The molecule has 0 unspecified atom stereocenters. The van der Waals surface area contributed by atoms with Crippen molar-refractivity contribution in [2.75, 3.05) is 13.1 Å². The number of rotatable bonds is 5. The number of pyridine rings is 2. The van der Waals surface area contributed by atoms with Crippen molar-refractivity contribution in [2.45, 2.75) is 31.7 Å². The number of hydrogen-bond donors (Lipinski definition) is 0. The van der Waals surface area contributed by atoms with Crippen LogP contribution in [0.3, 0.4) is 0 Å². The van der Waals surface area contributed by atoms with Crippen LogP contribution in [0.15, 0.2) is 67.0 Å². The Kier molecular flexibility index (Phi) is 5.81. The van der Waals surface area contributed by atoms with Gasteiger partial charge in [-0.1, -0.05) is 35.9 Å². The maximum atomic E-state index is 5.99. The van der Waals surface area contributed by atoms with E-state index in [1.807, 2.05) is 30.6 Å². The molecule has 4 rings (SSSR count). The highest BCUT2D eigenvalue weighted by atomic mass is 35.5. The van der Waals surface area contributed by atoms with E-state index in [0.29, 0.717) is 5.92 Å². The molecular formula is C23H24ClN3. The van der Waals surface area contributed by atoms with Gasteiger partial charge in [-0.3, -0.25) is 14.9 Å². The Balaban J connectivity index is 1.43. The topological polar surface area (TPSA) is 29.0 Å². The summed E-state index contributed by atoms with van der Waals surface area (Å²) in [6.45, 7) is 3.18. The van der Waals surface area contributed by atoms with E-state index in [1.54, 1.807) is 0 Å². The number of piperidine rings is 1. The van der Waals surface area contributed by atoms with Crippen molar-refractivity contribution < 1.29 is 0 Å². The van der Waals surface area contributed by atoms with Crippen LogP contribution in [0.2, 0.25) is 5.02 Å². The molecule has 2 aromatic heterocycles. The average Bonchev–Trinajstić information content (AvgIpc) is 2.71. The molecule has 1 aliphatic heterocycles. The molecule has 1 saturated heterocycles. The first-order chi connectivity index (χ1) is 13.3. The molecule has 0 amide bonds. The zero-order chi connectivity index (χ0) is 18.5. The third-order valence-corrected chi connectivity index (χ3v) is 5.43. The van der Waals surface area contributed by atoms with Crippen LogP contribution in [0.1, 0.15) is 41.3 Å². The summed E-state index contributed by atoms with van der Waals surface area (Å²) in [5.74, 6) is 0.501. The fourth-order valence-electron chi connectivity index (χ4n) is 3.83. The van der Waals surface area contributed by atoms with Gasteiger partial charge in [-0.2, -0.15) is 0 Å². The Morgan fingerprint density at radius 3 is 2.70 bits per heavy atom. The van der Waals surface area contributed by atoms with Crippen molar-refractivity contribution in [3.8, 4) is 0 Å². The zero-order valence-electron chi connectivity index (χ0n) is 15.4. The highest BCUT2D eigenvalue weighted by molar-refractivity contribution is 6.30. The number of benzene rings is 1. The lowest BCUT2D eigenvalue weighted by atomic mass is 9.93. The highest BCUT2D eigenvalue weighted by Crippen LogP contribution is 2.27. The molecule has 0 radical (unpaired) electrons. The van der Waals surface area contributed by atoms with Crippen LogP contribution in [-0.4, -0.2) is 28.0 Å². The van der Waals surface area contributed by atoms with E-state index < -0.39 is 0 Å². The predicted molar refractivity (Wildman–Crippen MR) is 110 cm³/mol. The number of hydrogen-bond acceptors (Lipinski definition) is 3. The van der Waals surface area contributed by atoms with Crippen LogP contribution < -0.4 is 0 Å². The monoisotopic (exact) mass is 377 g/mol. The van der Waals surface area contributed by atoms with E-state index in [1.165, 1.54) is 29.7 Å². The molecule has 1 fully saturated rings. The van der Waals surface area contributed by atoms with Crippen LogP contribution in [0, 0.1) is 0 Å². The summed E-state index contributed by atoms with van der Waals surface area (Å²) in [7, 11) is 0. The molecule has 0 spiro atoms. The van der Waals surface area contributed by atoms with Gasteiger partial charge in [0.15, 0.2) is 0 Å². The summed E-state index contributed by atoms with van der Waals surface area (Å²) in [5.41, 5.74) is 4.87. The molecule has 3 heterocycles. The summed E-state index contributed by atoms with van der Waals surface area (Å²) in [5, 5.41) is 0.774. The second-order valence-corrected chi connectivity index (χ2v) is 7.73. The minimum atomic E-state index is 0.501. The number of aromatic nitrogens is 2. The van der Waals surface area contributed by atoms with Gasteiger partial charge >= 0.3 is 0 Å². The Morgan fingerprint density at radius 2 is 1.89 bits per heavy atom.